The zero-order chi connectivity index (χ0) is 15.5. The Balaban J connectivity index is 2.06. The predicted molar refractivity (Wildman–Crippen MR) is 78.6 cm³/mol. The van der Waals surface area contributed by atoms with E-state index < -0.39 is 16.1 Å². The molecule has 1 aromatic carbocycles. The van der Waals surface area contributed by atoms with Crippen LogP contribution >= 0.6 is 0 Å². The predicted octanol–water partition coefficient (Wildman–Crippen LogP) is 0.984. The van der Waals surface area contributed by atoms with E-state index in [0.29, 0.717) is 18.8 Å². The molecule has 0 radical (unpaired) electrons. The Morgan fingerprint density at radius 2 is 1.81 bits per heavy atom. The van der Waals surface area contributed by atoms with E-state index in [9.17, 15) is 13.2 Å². The Labute approximate surface area is 125 Å². The topological polar surface area (TPSA) is 75.7 Å². The Morgan fingerprint density at radius 1 is 1.24 bits per heavy atom. The monoisotopic (exact) mass is 312 g/mol. The van der Waals surface area contributed by atoms with Crippen molar-refractivity contribution >= 4 is 15.9 Å². The molecule has 1 saturated heterocycles. The summed E-state index contributed by atoms with van der Waals surface area (Å²) >= 11 is 0. The number of hydrogen-bond donors (Lipinski definition) is 1. The quantitative estimate of drug-likeness (QED) is 0.879. The van der Waals surface area contributed by atoms with Crippen molar-refractivity contribution in [1.82, 2.24) is 9.62 Å². The van der Waals surface area contributed by atoms with Gasteiger partial charge in [0.2, 0.25) is 15.9 Å². The van der Waals surface area contributed by atoms with Crippen molar-refractivity contribution < 1.29 is 17.9 Å². The molecule has 0 bridgehead atoms. The standard InChI is InChI=1S/C14H20N2O4S/c1-11(14(17)16-9-3-4-10-16)15-21(18,19)13-7-5-12(20-2)6-8-13/h5-8,11,15H,3-4,9-10H2,1-2H3/t11-/m0/s1. The number of amides is 1. The molecule has 0 aromatic heterocycles. The number of nitrogens with one attached hydrogen (secondary N) is 1. The highest BCUT2D eigenvalue weighted by Crippen LogP contribution is 2.16. The van der Waals surface area contributed by atoms with Crippen LogP contribution in [0.5, 0.6) is 5.75 Å². The van der Waals surface area contributed by atoms with E-state index in [-0.39, 0.29) is 10.8 Å². The van der Waals surface area contributed by atoms with E-state index in [1.165, 1.54) is 19.2 Å². The summed E-state index contributed by atoms with van der Waals surface area (Å²) in [4.78, 5) is 13.9. The van der Waals surface area contributed by atoms with Gasteiger partial charge in [-0.05, 0) is 44.0 Å². The molecule has 1 amide bonds. The largest absolute Gasteiger partial charge is 0.497 e. The normalized spacial score (nSPS) is 16.8. The molecule has 6 nitrogen and oxygen atoms in total. The summed E-state index contributed by atoms with van der Waals surface area (Å²) in [6.45, 7) is 2.97. The molecule has 1 aliphatic heterocycles. The number of ether oxygens (including phenoxy) is 1. The van der Waals surface area contributed by atoms with Gasteiger partial charge in [0.05, 0.1) is 18.0 Å². The first-order valence-electron chi connectivity index (χ1n) is 6.89. The maximum atomic E-state index is 12.2. The fraction of sp³-hybridized carbons (Fsp3) is 0.500. The van der Waals surface area contributed by atoms with E-state index in [4.69, 9.17) is 4.74 Å². The van der Waals surface area contributed by atoms with Crippen LogP contribution in [0.4, 0.5) is 0 Å². The number of sulfonamides is 1. The molecule has 0 spiro atoms. The zero-order valence-corrected chi connectivity index (χ0v) is 13.0. The molecule has 2 rings (SSSR count). The molecule has 0 aliphatic carbocycles. The van der Waals surface area contributed by atoms with Gasteiger partial charge in [-0.3, -0.25) is 4.79 Å². The van der Waals surface area contributed by atoms with Crippen molar-refractivity contribution in [1.29, 1.82) is 0 Å². The molecule has 1 fully saturated rings. The fourth-order valence-corrected chi connectivity index (χ4v) is 3.51. The van der Waals surface area contributed by atoms with Crippen LogP contribution < -0.4 is 9.46 Å². The van der Waals surface area contributed by atoms with Crippen LogP contribution in [0, 0.1) is 0 Å². The molecular formula is C14H20N2O4S. The maximum absolute atomic E-state index is 12.2. The van der Waals surface area contributed by atoms with Gasteiger partial charge < -0.3 is 9.64 Å². The van der Waals surface area contributed by atoms with Gasteiger partial charge in [0.25, 0.3) is 0 Å². The first kappa shape index (κ1) is 15.8. The molecule has 1 aromatic rings. The number of hydrogen-bond acceptors (Lipinski definition) is 4. The molecule has 1 heterocycles. The summed E-state index contributed by atoms with van der Waals surface area (Å²) in [5, 5.41) is 0. The third-order valence-electron chi connectivity index (χ3n) is 3.49. The van der Waals surface area contributed by atoms with E-state index in [0.717, 1.165) is 12.8 Å². The summed E-state index contributed by atoms with van der Waals surface area (Å²) in [5.74, 6) is 0.403. The molecule has 1 atom stereocenters. The molecular weight excluding hydrogens is 292 g/mol. The number of carbonyl (C=O) groups excluding carboxylic acids is 1. The zero-order valence-electron chi connectivity index (χ0n) is 12.2. The number of carbonyl (C=O) groups is 1. The summed E-state index contributed by atoms with van der Waals surface area (Å²) in [6, 6.07) is 5.28. The van der Waals surface area contributed by atoms with Gasteiger partial charge in [-0.25, -0.2) is 8.42 Å². The van der Waals surface area contributed by atoms with Gasteiger partial charge in [0, 0.05) is 13.1 Å². The number of methoxy groups -OCH3 is 1. The molecule has 0 unspecified atom stereocenters. The summed E-state index contributed by atoms with van der Waals surface area (Å²) in [7, 11) is -2.20. The van der Waals surface area contributed by atoms with Gasteiger partial charge in [-0.2, -0.15) is 4.72 Å². The third kappa shape index (κ3) is 3.74. The minimum Gasteiger partial charge on any atom is -0.497 e. The van der Waals surface area contributed by atoms with Crippen LogP contribution in [0.3, 0.4) is 0 Å². The van der Waals surface area contributed by atoms with Crippen molar-refractivity contribution in [2.24, 2.45) is 0 Å². The first-order valence-corrected chi connectivity index (χ1v) is 8.37. The Bertz CT molecular complexity index is 592. The van der Waals surface area contributed by atoms with E-state index in [1.807, 2.05) is 0 Å². The molecule has 0 saturated carbocycles. The molecule has 1 aliphatic rings. The van der Waals surface area contributed by atoms with Crippen LogP contribution in [-0.4, -0.2) is 45.5 Å². The van der Waals surface area contributed by atoms with E-state index >= 15 is 0 Å². The second-order valence-corrected chi connectivity index (χ2v) is 6.76. The number of likely N-dealkylation sites (tertiary alicyclic amines) is 1. The van der Waals surface area contributed by atoms with Gasteiger partial charge in [0.15, 0.2) is 0 Å². The second kappa shape index (κ2) is 6.44. The summed E-state index contributed by atoms with van der Waals surface area (Å²) in [5.41, 5.74) is 0. The van der Waals surface area contributed by atoms with Crippen LogP contribution in [0.25, 0.3) is 0 Å². The van der Waals surface area contributed by atoms with Crippen LogP contribution in [0.15, 0.2) is 29.2 Å². The molecule has 116 valence electrons. The van der Waals surface area contributed by atoms with Gasteiger partial charge in [-0.1, -0.05) is 0 Å². The number of rotatable bonds is 5. The van der Waals surface area contributed by atoms with Crippen LogP contribution in [-0.2, 0) is 14.8 Å². The average molecular weight is 312 g/mol. The van der Waals surface area contributed by atoms with Crippen LogP contribution in [0.1, 0.15) is 19.8 Å². The summed E-state index contributed by atoms with van der Waals surface area (Å²) < 4.78 is 31.9. The SMILES string of the molecule is COc1ccc(S(=O)(=O)N[C@@H](C)C(=O)N2CCCC2)cc1. The van der Waals surface area contributed by atoms with E-state index in [2.05, 4.69) is 4.72 Å². The Hall–Kier alpha value is -1.60. The smallest absolute Gasteiger partial charge is 0.241 e. The van der Waals surface area contributed by atoms with E-state index in [1.54, 1.807) is 24.0 Å². The number of nitrogens with zero attached hydrogens (tertiary/aromatic N) is 1. The van der Waals surface area contributed by atoms with Gasteiger partial charge >= 0.3 is 0 Å². The van der Waals surface area contributed by atoms with Gasteiger partial charge in [-0.15, -0.1) is 0 Å². The third-order valence-corrected chi connectivity index (χ3v) is 5.05. The minimum absolute atomic E-state index is 0.115. The lowest BCUT2D eigenvalue weighted by molar-refractivity contribution is -0.131. The average Bonchev–Trinajstić information content (AvgIpc) is 3.00. The van der Waals surface area contributed by atoms with Crippen molar-refractivity contribution in [2.45, 2.75) is 30.7 Å². The summed E-state index contributed by atoms with van der Waals surface area (Å²) in [6.07, 6.45) is 1.95. The number of benzene rings is 1. The fourth-order valence-electron chi connectivity index (χ4n) is 2.32. The Kier molecular flexibility index (Phi) is 4.84. The lowest BCUT2D eigenvalue weighted by Gasteiger charge is -2.21. The highest BCUT2D eigenvalue weighted by Gasteiger charge is 2.27. The highest BCUT2D eigenvalue weighted by molar-refractivity contribution is 7.89. The highest BCUT2D eigenvalue weighted by atomic mass is 32.2. The Morgan fingerprint density at radius 3 is 2.33 bits per heavy atom. The lowest BCUT2D eigenvalue weighted by Crippen LogP contribution is -2.45. The molecule has 1 N–H and O–H groups in total. The lowest BCUT2D eigenvalue weighted by atomic mass is 10.3. The van der Waals surface area contributed by atoms with Crippen LogP contribution in [0.2, 0.25) is 0 Å². The molecule has 21 heavy (non-hydrogen) atoms. The van der Waals surface area contributed by atoms with Gasteiger partial charge in [0.1, 0.15) is 5.75 Å². The van der Waals surface area contributed by atoms with Crippen molar-refractivity contribution in [3.8, 4) is 5.75 Å². The maximum Gasteiger partial charge on any atom is 0.241 e. The first-order chi connectivity index (χ1) is 9.94. The molecule has 7 heteroatoms. The minimum atomic E-state index is -3.71. The van der Waals surface area contributed by atoms with Crippen molar-refractivity contribution in [2.75, 3.05) is 20.2 Å². The second-order valence-electron chi connectivity index (χ2n) is 5.05. The van der Waals surface area contributed by atoms with Crippen molar-refractivity contribution in [3.05, 3.63) is 24.3 Å². The van der Waals surface area contributed by atoms with Crippen molar-refractivity contribution in [3.63, 3.8) is 0 Å².